The highest BCUT2D eigenvalue weighted by atomic mass is 127. The van der Waals surface area contributed by atoms with E-state index in [2.05, 4.69) is 20.9 Å². The molecule has 8 heteroatoms. The van der Waals surface area contributed by atoms with Gasteiger partial charge in [0.1, 0.15) is 0 Å². The lowest BCUT2D eigenvalue weighted by atomic mass is 9.88. The molecular weight excluding hydrogens is 445 g/mol. The van der Waals surface area contributed by atoms with Crippen molar-refractivity contribution in [1.29, 1.82) is 0 Å². The van der Waals surface area contributed by atoms with Gasteiger partial charge < -0.3 is 20.9 Å². The fourth-order valence-corrected chi connectivity index (χ4v) is 3.56. The molecule has 1 saturated carbocycles. The molecule has 1 aliphatic carbocycles. The van der Waals surface area contributed by atoms with E-state index >= 15 is 0 Å². The highest BCUT2D eigenvalue weighted by Crippen LogP contribution is 2.26. The summed E-state index contributed by atoms with van der Waals surface area (Å²) in [6.07, 6.45) is 7.56. The van der Waals surface area contributed by atoms with Crippen molar-refractivity contribution in [2.24, 2.45) is 10.9 Å². The number of halogens is 1. The van der Waals surface area contributed by atoms with Gasteiger partial charge in [-0.15, -0.1) is 24.0 Å². The maximum atomic E-state index is 12.6. The third-order valence-electron chi connectivity index (χ3n) is 5.01. The van der Waals surface area contributed by atoms with Crippen LogP contribution >= 0.6 is 24.0 Å². The average Bonchev–Trinajstić information content (AvgIpc) is 3.12. The Morgan fingerprint density at radius 3 is 2.50 bits per heavy atom. The first-order valence-corrected chi connectivity index (χ1v) is 9.66. The molecule has 0 aromatic heterocycles. The number of hydrogen-bond donors (Lipinski definition) is 3. The van der Waals surface area contributed by atoms with Crippen LogP contribution in [-0.4, -0.2) is 61.9 Å². The quantitative estimate of drug-likeness (QED) is 0.306. The van der Waals surface area contributed by atoms with Crippen molar-refractivity contribution >= 4 is 41.8 Å². The second-order valence-electron chi connectivity index (χ2n) is 7.02. The first-order valence-electron chi connectivity index (χ1n) is 9.66. The molecular formula is C18H34IN5O2. The number of carbonyl (C=O) groups excluding carboxylic acids is 2. The molecule has 1 atom stereocenters. The Balaban J connectivity index is 0.00000338. The number of hydrogen-bond acceptors (Lipinski definition) is 3. The summed E-state index contributed by atoms with van der Waals surface area (Å²) in [5.41, 5.74) is 0. The van der Waals surface area contributed by atoms with E-state index in [0.29, 0.717) is 18.4 Å². The first-order chi connectivity index (χ1) is 12.1. The molecule has 2 aliphatic rings. The molecule has 7 nitrogen and oxygen atoms in total. The molecule has 1 heterocycles. The van der Waals surface area contributed by atoms with Gasteiger partial charge in [0.05, 0.1) is 6.54 Å². The van der Waals surface area contributed by atoms with Gasteiger partial charge >= 0.3 is 0 Å². The SMILES string of the molecule is CCCNC(=O)CNC(=NC)NC1CCN(C(=O)C2CCCCC2)C1.I. The normalized spacial score (nSPS) is 21.1. The van der Waals surface area contributed by atoms with Gasteiger partial charge in [-0.3, -0.25) is 14.6 Å². The predicted molar refractivity (Wildman–Crippen MR) is 115 cm³/mol. The monoisotopic (exact) mass is 479 g/mol. The Labute approximate surface area is 174 Å². The highest BCUT2D eigenvalue weighted by molar-refractivity contribution is 14.0. The van der Waals surface area contributed by atoms with Gasteiger partial charge in [-0.25, -0.2) is 0 Å². The van der Waals surface area contributed by atoms with Crippen LogP contribution in [0.25, 0.3) is 0 Å². The Morgan fingerprint density at radius 1 is 1.12 bits per heavy atom. The molecule has 0 aromatic rings. The molecule has 3 N–H and O–H groups in total. The lowest BCUT2D eigenvalue weighted by Crippen LogP contribution is -2.48. The molecule has 150 valence electrons. The molecule has 0 radical (unpaired) electrons. The lowest BCUT2D eigenvalue weighted by Gasteiger charge is -2.26. The second kappa shape index (κ2) is 12.3. The third-order valence-corrected chi connectivity index (χ3v) is 5.01. The molecule has 2 amide bonds. The zero-order chi connectivity index (χ0) is 18.1. The first kappa shape index (κ1) is 23.0. The van der Waals surface area contributed by atoms with Crippen LogP contribution in [0, 0.1) is 5.92 Å². The Morgan fingerprint density at radius 2 is 1.85 bits per heavy atom. The van der Waals surface area contributed by atoms with Crippen LogP contribution in [0.4, 0.5) is 0 Å². The van der Waals surface area contributed by atoms with Crippen molar-refractivity contribution in [2.75, 3.05) is 33.2 Å². The van der Waals surface area contributed by atoms with E-state index in [1.807, 2.05) is 11.8 Å². The number of carbonyl (C=O) groups is 2. The minimum absolute atomic E-state index is 0. The lowest BCUT2D eigenvalue weighted by molar-refractivity contribution is -0.135. The minimum atomic E-state index is -0.0367. The van der Waals surface area contributed by atoms with Crippen molar-refractivity contribution < 1.29 is 9.59 Å². The summed E-state index contributed by atoms with van der Waals surface area (Å²) >= 11 is 0. The summed E-state index contributed by atoms with van der Waals surface area (Å²) in [7, 11) is 1.69. The van der Waals surface area contributed by atoms with E-state index in [9.17, 15) is 9.59 Å². The van der Waals surface area contributed by atoms with Gasteiger partial charge in [-0.05, 0) is 25.7 Å². The summed E-state index contributed by atoms with van der Waals surface area (Å²) < 4.78 is 0. The fraction of sp³-hybridized carbons (Fsp3) is 0.833. The topological polar surface area (TPSA) is 85.8 Å². The van der Waals surface area contributed by atoms with Crippen molar-refractivity contribution in [1.82, 2.24) is 20.9 Å². The summed E-state index contributed by atoms with van der Waals surface area (Å²) in [4.78, 5) is 30.5. The standard InChI is InChI=1S/C18H33N5O2.HI/c1-3-10-20-16(24)12-21-18(19-2)22-15-9-11-23(13-15)17(25)14-7-5-4-6-8-14;/h14-15H,3-13H2,1-2H3,(H,20,24)(H2,19,21,22);1H. The van der Waals surface area contributed by atoms with E-state index in [1.165, 1.54) is 19.3 Å². The van der Waals surface area contributed by atoms with Crippen LogP contribution in [0.2, 0.25) is 0 Å². The van der Waals surface area contributed by atoms with Crippen molar-refractivity contribution in [2.45, 2.75) is 57.9 Å². The molecule has 1 unspecified atom stereocenters. The van der Waals surface area contributed by atoms with E-state index in [0.717, 1.165) is 38.8 Å². The molecule has 2 rings (SSSR count). The van der Waals surface area contributed by atoms with E-state index in [1.54, 1.807) is 7.05 Å². The zero-order valence-electron chi connectivity index (χ0n) is 16.1. The van der Waals surface area contributed by atoms with E-state index in [4.69, 9.17) is 0 Å². The molecule has 1 aliphatic heterocycles. The van der Waals surface area contributed by atoms with E-state index in [-0.39, 0.29) is 48.4 Å². The van der Waals surface area contributed by atoms with Gasteiger partial charge in [-0.2, -0.15) is 0 Å². The molecule has 1 saturated heterocycles. The van der Waals surface area contributed by atoms with Crippen LogP contribution in [-0.2, 0) is 9.59 Å². The number of aliphatic imine (C=N–C) groups is 1. The van der Waals surface area contributed by atoms with Crippen LogP contribution in [0.15, 0.2) is 4.99 Å². The van der Waals surface area contributed by atoms with Gasteiger partial charge in [0.25, 0.3) is 0 Å². The molecule has 0 spiro atoms. The van der Waals surface area contributed by atoms with Crippen LogP contribution in [0.3, 0.4) is 0 Å². The number of guanidine groups is 1. The fourth-order valence-electron chi connectivity index (χ4n) is 3.56. The second-order valence-corrected chi connectivity index (χ2v) is 7.02. The number of nitrogens with zero attached hydrogens (tertiary/aromatic N) is 2. The van der Waals surface area contributed by atoms with Crippen LogP contribution < -0.4 is 16.0 Å². The molecule has 2 fully saturated rings. The van der Waals surface area contributed by atoms with Gasteiger partial charge in [0.15, 0.2) is 5.96 Å². The van der Waals surface area contributed by atoms with Crippen LogP contribution in [0.1, 0.15) is 51.9 Å². The molecule has 0 bridgehead atoms. The predicted octanol–water partition coefficient (Wildman–Crippen LogP) is 1.48. The Hall–Kier alpha value is -1.06. The highest BCUT2D eigenvalue weighted by Gasteiger charge is 2.31. The summed E-state index contributed by atoms with van der Waals surface area (Å²) in [5, 5.41) is 9.19. The van der Waals surface area contributed by atoms with Crippen molar-refractivity contribution in [3.8, 4) is 0 Å². The smallest absolute Gasteiger partial charge is 0.239 e. The van der Waals surface area contributed by atoms with Crippen LogP contribution in [0.5, 0.6) is 0 Å². The number of nitrogens with one attached hydrogen (secondary N) is 3. The van der Waals surface area contributed by atoms with Crippen molar-refractivity contribution in [3.05, 3.63) is 0 Å². The summed E-state index contributed by atoms with van der Waals surface area (Å²) in [6.45, 7) is 4.44. The molecule has 0 aromatic carbocycles. The number of amides is 2. The van der Waals surface area contributed by atoms with Gasteiger partial charge in [0.2, 0.25) is 11.8 Å². The Kier molecular flexibility index (Phi) is 10.9. The average molecular weight is 479 g/mol. The van der Waals surface area contributed by atoms with Crippen molar-refractivity contribution in [3.63, 3.8) is 0 Å². The maximum Gasteiger partial charge on any atom is 0.239 e. The number of rotatable bonds is 6. The summed E-state index contributed by atoms with van der Waals surface area (Å²) in [5.74, 6) is 1.13. The maximum absolute atomic E-state index is 12.6. The van der Waals surface area contributed by atoms with Gasteiger partial charge in [-0.1, -0.05) is 26.2 Å². The molecule has 26 heavy (non-hydrogen) atoms. The zero-order valence-corrected chi connectivity index (χ0v) is 18.4. The largest absolute Gasteiger partial charge is 0.355 e. The van der Waals surface area contributed by atoms with E-state index < -0.39 is 0 Å². The Bertz CT molecular complexity index is 480. The number of likely N-dealkylation sites (tertiary alicyclic amines) is 1. The minimum Gasteiger partial charge on any atom is -0.355 e. The van der Waals surface area contributed by atoms with Gasteiger partial charge in [0, 0.05) is 38.6 Å². The third kappa shape index (κ3) is 7.28. The summed E-state index contributed by atoms with van der Waals surface area (Å²) in [6, 6.07) is 0.192.